The number of nitrogens with zero attached hydrogens (tertiary/aromatic N) is 4. The van der Waals surface area contributed by atoms with Gasteiger partial charge in [-0.05, 0) is 38.1 Å². The highest BCUT2D eigenvalue weighted by molar-refractivity contribution is 6.04. The summed E-state index contributed by atoms with van der Waals surface area (Å²) in [5.41, 5.74) is 0.345. The van der Waals surface area contributed by atoms with Crippen molar-refractivity contribution in [1.29, 1.82) is 0 Å². The zero-order chi connectivity index (χ0) is 17.5. The fraction of sp³-hybridized carbons (Fsp3) is 0.467. The summed E-state index contributed by atoms with van der Waals surface area (Å²) in [6, 6.07) is 3.20. The van der Waals surface area contributed by atoms with Gasteiger partial charge in [0.05, 0.1) is 26.9 Å². The monoisotopic (exact) mass is 335 g/mol. The van der Waals surface area contributed by atoms with E-state index in [2.05, 4.69) is 20.7 Å². The number of hydrogen-bond donors (Lipinski definition) is 1. The maximum atomic E-state index is 12.4. The Morgan fingerprint density at radius 3 is 2.12 bits per heavy atom. The third-order valence-electron chi connectivity index (χ3n) is 2.90. The van der Waals surface area contributed by atoms with E-state index < -0.39 is 5.91 Å². The maximum Gasteiger partial charge on any atom is 0.270 e. The standard InChI is InChI=1S/C15H21N5O4/c1-5-22-11-8-10(9-12(23-6-2)13(11)24-7-3)14(21)16-15-17-19-20(4)18-15/h8-9H,5-7H2,1-4H3,(H,16,18,21). The molecule has 0 radical (unpaired) electrons. The molecule has 1 aromatic heterocycles. The molecule has 0 unspecified atom stereocenters. The number of nitrogens with one attached hydrogen (secondary N) is 1. The predicted octanol–water partition coefficient (Wildman–Crippen LogP) is 1.66. The third-order valence-corrected chi connectivity index (χ3v) is 2.90. The first kappa shape index (κ1) is 17.5. The van der Waals surface area contributed by atoms with Crippen molar-refractivity contribution in [3.05, 3.63) is 17.7 Å². The molecule has 1 N–H and O–H groups in total. The average Bonchev–Trinajstić information content (AvgIpc) is 2.95. The number of rotatable bonds is 8. The number of aromatic nitrogens is 4. The smallest absolute Gasteiger partial charge is 0.270 e. The molecule has 1 amide bonds. The van der Waals surface area contributed by atoms with Crippen LogP contribution in [0.2, 0.25) is 0 Å². The van der Waals surface area contributed by atoms with Crippen LogP contribution < -0.4 is 19.5 Å². The van der Waals surface area contributed by atoms with Crippen molar-refractivity contribution in [2.75, 3.05) is 25.1 Å². The minimum atomic E-state index is -0.395. The second-order valence-corrected chi connectivity index (χ2v) is 4.66. The molecule has 0 saturated heterocycles. The predicted molar refractivity (Wildman–Crippen MR) is 86.7 cm³/mol. The second kappa shape index (κ2) is 8.14. The summed E-state index contributed by atoms with van der Waals surface area (Å²) in [5.74, 6) is 1.10. The largest absolute Gasteiger partial charge is 0.490 e. The zero-order valence-electron chi connectivity index (χ0n) is 14.2. The van der Waals surface area contributed by atoms with Gasteiger partial charge in [0.1, 0.15) is 0 Å². The summed E-state index contributed by atoms with van der Waals surface area (Å²) in [6.45, 7) is 6.89. The quantitative estimate of drug-likeness (QED) is 0.783. The normalized spacial score (nSPS) is 10.3. The van der Waals surface area contributed by atoms with Crippen LogP contribution in [0.1, 0.15) is 31.1 Å². The van der Waals surface area contributed by atoms with Crippen molar-refractivity contribution in [3.63, 3.8) is 0 Å². The van der Waals surface area contributed by atoms with Crippen molar-refractivity contribution < 1.29 is 19.0 Å². The SMILES string of the molecule is CCOc1cc(C(=O)Nc2nnn(C)n2)cc(OCC)c1OCC. The summed E-state index contributed by atoms with van der Waals surface area (Å²) in [4.78, 5) is 13.7. The van der Waals surface area contributed by atoms with Gasteiger partial charge < -0.3 is 14.2 Å². The minimum absolute atomic E-state index is 0.118. The van der Waals surface area contributed by atoms with E-state index in [9.17, 15) is 4.79 Å². The summed E-state index contributed by atoms with van der Waals surface area (Å²) in [5, 5.41) is 13.9. The zero-order valence-corrected chi connectivity index (χ0v) is 14.2. The summed E-state index contributed by atoms with van der Waals surface area (Å²) >= 11 is 0. The summed E-state index contributed by atoms with van der Waals surface area (Å²) < 4.78 is 16.8. The fourth-order valence-electron chi connectivity index (χ4n) is 2.03. The second-order valence-electron chi connectivity index (χ2n) is 4.66. The summed E-state index contributed by atoms with van der Waals surface area (Å²) in [6.07, 6.45) is 0. The third kappa shape index (κ3) is 4.12. The van der Waals surface area contributed by atoms with Gasteiger partial charge in [-0.1, -0.05) is 5.10 Å². The molecule has 2 aromatic rings. The Bertz CT molecular complexity index is 674. The Kier molecular flexibility index (Phi) is 5.94. The molecule has 0 aliphatic rings. The summed E-state index contributed by atoms with van der Waals surface area (Å²) in [7, 11) is 1.61. The van der Waals surface area contributed by atoms with Gasteiger partial charge in [-0.3, -0.25) is 10.1 Å². The minimum Gasteiger partial charge on any atom is -0.490 e. The molecule has 9 nitrogen and oxygen atoms in total. The maximum absolute atomic E-state index is 12.4. The van der Waals surface area contributed by atoms with Crippen LogP contribution in [0.5, 0.6) is 17.2 Å². The Morgan fingerprint density at radius 1 is 1.08 bits per heavy atom. The fourth-order valence-corrected chi connectivity index (χ4v) is 2.03. The lowest BCUT2D eigenvalue weighted by molar-refractivity contribution is 0.102. The van der Waals surface area contributed by atoms with Crippen LogP contribution in [-0.2, 0) is 7.05 Å². The van der Waals surface area contributed by atoms with E-state index in [4.69, 9.17) is 14.2 Å². The highest BCUT2D eigenvalue weighted by Crippen LogP contribution is 2.39. The molecule has 24 heavy (non-hydrogen) atoms. The molecule has 0 atom stereocenters. The number of ether oxygens (including phenoxy) is 3. The van der Waals surface area contributed by atoms with Gasteiger partial charge in [0, 0.05) is 5.56 Å². The van der Waals surface area contributed by atoms with Crippen LogP contribution in [-0.4, -0.2) is 45.9 Å². The first-order valence-corrected chi connectivity index (χ1v) is 7.70. The van der Waals surface area contributed by atoms with Crippen LogP contribution >= 0.6 is 0 Å². The number of carbonyl (C=O) groups excluding carboxylic acids is 1. The van der Waals surface area contributed by atoms with E-state index in [-0.39, 0.29) is 5.95 Å². The van der Waals surface area contributed by atoms with E-state index in [0.29, 0.717) is 42.6 Å². The number of carbonyl (C=O) groups is 1. The highest BCUT2D eigenvalue weighted by atomic mass is 16.5. The first-order valence-electron chi connectivity index (χ1n) is 7.70. The first-order chi connectivity index (χ1) is 11.6. The Hall–Kier alpha value is -2.84. The van der Waals surface area contributed by atoms with Gasteiger partial charge in [0.25, 0.3) is 11.9 Å². The van der Waals surface area contributed by atoms with E-state index in [1.165, 1.54) is 4.80 Å². The van der Waals surface area contributed by atoms with E-state index in [1.54, 1.807) is 19.2 Å². The number of hydrogen-bond acceptors (Lipinski definition) is 7. The number of benzene rings is 1. The molecule has 2 rings (SSSR count). The molecule has 0 saturated carbocycles. The Labute approximate surface area is 139 Å². The van der Waals surface area contributed by atoms with Gasteiger partial charge in [0.2, 0.25) is 5.75 Å². The highest BCUT2D eigenvalue weighted by Gasteiger charge is 2.19. The molecular formula is C15H21N5O4. The van der Waals surface area contributed by atoms with E-state index in [0.717, 1.165) is 0 Å². The van der Waals surface area contributed by atoms with Crippen molar-refractivity contribution in [2.24, 2.45) is 7.05 Å². The number of amides is 1. The van der Waals surface area contributed by atoms with E-state index >= 15 is 0 Å². The lowest BCUT2D eigenvalue weighted by Gasteiger charge is -2.16. The number of aryl methyl sites for hydroxylation is 1. The molecule has 0 bridgehead atoms. The Morgan fingerprint density at radius 2 is 1.67 bits per heavy atom. The Balaban J connectivity index is 2.35. The molecule has 1 heterocycles. The topological polar surface area (TPSA) is 100 Å². The van der Waals surface area contributed by atoms with Crippen LogP contribution in [0.15, 0.2) is 12.1 Å². The van der Waals surface area contributed by atoms with Gasteiger partial charge >= 0.3 is 0 Å². The average molecular weight is 335 g/mol. The van der Waals surface area contributed by atoms with Crippen molar-refractivity contribution in [1.82, 2.24) is 20.2 Å². The van der Waals surface area contributed by atoms with E-state index in [1.807, 2.05) is 20.8 Å². The van der Waals surface area contributed by atoms with Gasteiger partial charge in [-0.25, -0.2) is 0 Å². The van der Waals surface area contributed by atoms with Gasteiger partial charge in [0.15, 0.2) is 11.5 Å². The lowest BCUT2D eigenvalue weighted by atomic mass is 10.1. The number of anilines is 1. The van der Waals surface area contributed by atoms with Gasteiger partial charge in [-0.2, -0.15) is 4.80 Å². The molecule has 1 aromatic carbocycles. The number of tetrazole rings is 1. The molecular weight excluding hydrogens is 314 g/mol. The molecule has 0 fully saturated rings. The van der Waals surface area contributed by atoms with Crippen molar-refractivity contribution in [3.8, 4) is 17.2 Å². The van der Waals surface area contributed by atoms with Crippen LogP contribution in [0.3, 0.4) is 0 Å². The van der Waals surface area contributed by atoms with Crippen LogP contribution in [0.4, 0.5) is 5.95 Å². The van der Waals surface area contributed by atoms with Crippen LogP contribution in [0.25, 0.3) is 0 Å². The van der Waals surface area contributed by atoms with Crippen molar-refractivity contribution >= 4 is 11.9 Å². The van der Waals surface area contributed by atoms with Gasteiger partial charge in [-0.15, -0.1) is 5.10 Å². The van der Waals surface area contributed by atoms with Crippen molar-refractivity contribution in [2.45, 2.75) is 20.8 Å². The van der Waals surface area contributed by atoms with Crippen LogP contribution in [0, 0.1) is 0 Å². The lowest BCUT2D eigenvalue weighted by Crippen LogP contribution is -2.14. The molecule has 0 aliphatic heterocycles. The molecule has 130 valence electrons. The molecule has 0 aliphatic carbocycles. The molecule has 0 spiro atoms. The molecule has 9 heteroatoms.